The molecule has 1 aromatic rings. The molecule has 72 valence electrons. The van der Waals surface area contributed by atoms with Crippen LogP contribution >= 0.6 is 11.6 Å². The van der Waals surface area contributed by atoms with Crippen LogP contribution < -0.4 is 11.3 Å². The first-order chi connectivity index (χ1) is 5.93. The van der Waals surface area contributed by atoms with Gasteiger partial charge in [-0.1, -0.05) is 11.6 Å². The van der Waals surface area contributed by atoms with Gasteiger partial charge in [-0.25, -0.2) is 0 Å². The molecular formula is C7H6ClF3N2. The quantitative estimate of drug-likeness (QED) is 0.552. The number of hydrazine groups is 1. The molecule has 0 spiro atoms. The summed E-state index contributed by atoms with van der Waals surface area (Å²) in [7, 11) is 0. The number of rotatable bonds is 1. The fraction of sp³-hybridized carbons (Fsp3) is 0.143. The zero-order chi connectivity index (χ0) is 10.1. The first-order valence-corrected chi connectivity index (χ1v) is 3.65. The number of anilines is 1. The second-order valence-electron chi connectivity index (χ2n) is 2.37. The Kier molecular flexibility index (Phi) is 2.68. The van der Waals surface area contributed by atoms with E-state index in [4.69, 9.17) is 17.4 Å². The summed E-state index contributed by atoms with van der Waals surface area (Å²) in [5.41, 5.74) is 1.39. The van der Waals surface area contributed by atoms with E-state index in [2.05, 4.69) is 5.43 Å². The van der Waals surface area contributed by atoms with E-state index in [1.54, 1.807) is 0 Å². The highest BCUT2D eigenvalue weighted by Gasteiger charge is 2.31. The van der Waals surface area contributed by atoms with Crippen LogP contribution in [0.5, 0.6) is 0 Å². The molecule has 0 aliphatic carbocycles. The predicted octanol–water partition coefficient (Wildman–Crippen LogP) is 2.64. The number of alkyl halides is 3. The van der Waals surface area contributed by atoms with E-state index >= 15 is 0 Å². The number of hydrogen-bond acceptors (Lipinski definition) is 2. The molecule has 13 heavy (non-hydrogen) atoms. The Morgan fingerprint density at radius 3 is 2.31 bits per heavy atom. The number of nitrogens with one attached hydrogen (secondary N) is 1. The van der Waals surface area contributed by atoms with Crippen LogP contribution in [0, 0.1) is 0 Å². The summed E-state index contributed by atoms with van der Waals surface area (Å²) >= 11 is 5.44. The lowest BCUT2D eigenvalue weighted by Gasteiger charge is -2.09. The second kappa shape index (κ2) is 3.43. The van der Waals surface area contributed by atoms with Gasteiger partial charge < -0.3 is 5.43 Å². The van der Waals surface area contributed by atoms with Crippen LogP contribution in [0.15, 0.2) is 18.2 Å². The van der Waals surface area contributed by atoms with E-state index in [0.29, 0.717) is 0 Å². The molecule has 1 aromatic carbocycles. The van der Waals surface area contributed by atoms with Gasteiger partial charge >= 0.3 is 6.18 Å². The molecule has 2 nitrogen and oxygen atoms in total. The highest BCUT2D eigenvalue weighted by Crippen LogP contribution is 2.32. The zero-order valence-electron chi connectivity index (χ0n) is 6.32. The minimum Gasteiger partial charge on any atom is -0.324 e. The minimum absolute atomic E-state index is 0.0113. The molecule has 6 heteroatoms. The number of benzene rings is 1. The molecule has 0 aromatic heterocycles. The highest BCUT2D eigenvalue weighted by molar-refractivity contribution is 6.30. The summed E-state index contributed by atoms with van der Waals surface area (Å²) in [6.07, 6.45) is -4.41. The standard InChI is InChI=1S/C7H6ClF3N2/c8-5-1-4(7(9,10)11)2-6(3-5)13-12/h1-3,13H,12H2. The Morgan fingerprint density at radius 2 is 1.85 bits per heavy atom. The van der Waals surface area contributed by atoms with Crippen LogP contribution in [-0.2, 0) is 6.18 Å². The van der Waals surface area contributed by atoms with Gasteiger partial charge in [0.25, 0.3) is 0 Å². The van der Waals surface area contributed by atoms with Gasteiger partial charge in [0.1, 0.15) is 0 Å². The largest absolute Gasteiger partial charge is 0.416 e. The van der Waals surface area contributed by atoms with Gasteiger partial charge in [-0.2, -0.15) is 13.2 Å². The lowest BCUT2D eigenvalue weighted by Crippen LogP contribution is -2.10. The summed E-state index contributed by atoms with van der Waals surface area (Å²) in [5, 5.41) is -0.0113. The van der Waals surface area contributed by atoms with Gasteiger partial charge in [0.05, 0.1) is 11.3 Å². The number of nitrogens with two attached hydrogens (primary N) is 1. The van der Waals surface area contributed by atoms with Crippen molar-refractivity contribution < 1.29 is 13.2 Å². The average Bonchev–Trinajstić information content (AvgIpc) is 2.01. The van der Waals surface area contributed by atoms with Gasteiger partial charge in [0, 0.05) is 5.02 Å². The summed E-state index contributed by atoms with van der Waals surface area (Å²) in [6, 6.07) is 3.02. The van der Waals surface area contributed by atoms with Crippen LogP contribution in [-0.4, -0.2) is 0 Å². The average molecular weight is 211 g/mol. The van der Waals surface area contributed by atoms with Crippen molar-refractivity contribution in [1.82, 2.24) is 0 Å². The number of nitrogen functional groups attached to an aromatic ring is 1. The molecule has 0 heterocycles. The van der Waals surface area contributed by atoms with E-state index in [1.165, 1.54) is 6.07 Å². The van der Waals surface area contributed by atoms with Crippen molar-refractivity contribution in [2.75, 3.05) is 5.43 Å². The molecule has 0 unspecified atom stereocenters. The molecule has 1 rings (SSSR count). The van der Waals surface area contributed by atoms with E-state index in [0.717, 1.165) is 12.1 Å². The normalized spacial score (nSPS) is 11.5. The van der Waals surface area contributed by atoms with Crippen molar-refractivity contribution in [2.45, 2.75) is 6.18 Å². The maximum atomic E-state index is 12.2. The first-order valence-electron chi connectivity index (χ1n) is 3.28. The molecule has 0 radical (unpaired) electrons. The van der Waals surface area contributed by atoms with Crippen LogP contribution in [0.3, 0.4) is 0 Å². The fourth-order valence-corrected chi connectivity index (χ4v) is 1.07. The van der Waals surface area contributed by atoms with Crippen LogP contribution in [0.25, 0.3) is 0 Å². The SMILES string of the molecule is NNc1cc(Cl)cc(C(F)(F)F)c1. The Hall–Kier alpha value is -0.940. The van der Waals surface area contributed by atoms with E-state index in [9.17, 15) is 13.2 Å². The molecule has 3 N–H and O–H groups in total. The molecule has 0 amide bonds. The smallest absolute Gasteiger partial charge is 0.324 e. The van der Waals surface area contributed by atoms with Gasteiger partial charge in [-0.05, 0) is 18.2 Å². The highest BCUT2D eigenvalue weighted by atomic mass is 35.5. The Labute approximate surface area is 77.5 Å². The Balaban J connectivity index is 3.16. The third-order valence-corrected chi connectivity index (χ3v) is 1.61. The lowest BCUT2D eigenvalue weighted by atomic mass is 10.2. The number of halogens is 4. The van der Waals surface area contributed by atoms with E-state index in [1.807, 2.05) is 0 Å². The van der Waals surface area contributed by atoms with Crippen molar-refractivity contribution >= 4 is 17.3 Å². The van der Waals surface area contributed by atoms with Crippen molar-refractivity contribution in [2.24, 2.45) is 5.84 Å². The van der Waals surface area contributed by atoms with Gasteiger partial charge in [0.15, 0.2) is 0 Å². The summed E-state index contributed by atoms with van der Waals surface area (Å²) in [4.78, 5) is 0. The first kappa shape index (κ1) is 10.1. The second-order valence-corrected chi connectivity index (χ2v) is 2.81. The Morgan fingerprint density at radius 1 is 1.23 bits per heavy atom. The molecule has 0 aliphatic heterocycles. The van der Waals surface area contributed by atoms with E-state index in [-0.39, 0.29) is 10.7 Å². The summed E-state index contributed by atoms with van der Waals surface area (Å²) < 4.78 is 36.5. The van der Waals surface area contributed by atoms with Crippen molar-refractivity contribution in [1.29, 1.82) is 0 Å². The monoisotopic (exact) mass is 210 g/mol. The van der Waals surface area contributed by atoms with Crippen molar-refractivity contribution in [3.63, 3.8) is 0 Å². The molecule has 0 aliphatic rings. The van der Waals surface area contributed by atoms with Gasteiger partial charge in [-0.3, -0.25) is 5.84 Å². The van der Waals surface area contributed by atoms with Crippen LogP contribution in [0.1, 0.15) is 5.56 Å². The summed E-state index contributed by atoms with van der Waals surface area (Å²) in [5.74, 6) is 4.95. The van der Waals surface area contributed by atoms with E-state index < -0.39 is 11.7 Å². The maximum Gasteiger partial charge on any atom is 0.416 e. The number of hydrogen-bond donors (Lipinski definition) is 2. The topological polar surface area (TPSA) is 38.0 Å². The third kappa shape index (κ3) is 2.50. The molecular weight excluding hydrogens is 205 g/mol. The molecule has 0 atom stereocenters. The molecule has 0 saturated carbocycles. The van der Waals surface area contributed by atoms with Crippen LogP contribution in [0.4, 0.5) is 18.9 Å². The lowest BCUT2D eigenvalue weighted by molar-refractivity contribution is -0.137. The van der Waals surface area contributed by atoms with Crippen molar-refractivity contribution in [3.05, 3.63) is 28.8 Å². The third-order valence-electron chi connectivity index (χ3n) is 1.39. The van der Waals surface area contributed by atoms with Gasteiger partial charge in [-0.15, -0.1) is 0 Å². The fourth-order valence-electron chi connectivity index (χ4n) is 0.837. The Bertz CT molecular complexity index is 311. The predicted molar refractivity (Wildman–Crippen MR) is 44.3 cm³/mol. The summed E-state index contributed by atoms with van der Waals surface area (Å²) in [6.45, 7) is 0. The maximum absolute atomic E-state index is 12.2. The van der Waals surface area contributed by atoms with Crippen LogP contribution in [0.2, 0.25) is 5.02 Å². The zero-order valence-corrected chi connectivity index (χ0v) is 7.08. The van der Waals surface area contributed by atoms with Crippen molar-refractivity contribution in [3.8, 4) is 0 Å². The van der Waals surface area contributed by atoms with Gasteiger partial charge in [0.2, 0.25) is 0 Å². The minimum atomic E-state index is -4.41. The molecule has 0 saturated heterocycles. The molecule has 0 bridgehead atoms. The molecule has 0 fully saturated rings.